The number of nitrogens with one attached hydrogen (secondary N) is 1. The second-order valence-corrected chi connectivity index (χ2v) is 5.81. The molecule has 5 heteroatoms. The van der Waals surface area contributed by atoms with E-state index in [2.05, 4.69) is 5.32 Å². The number of rotatable bonds is 4. The molecule has 126 valence electrons. The number of hydrogen-bond donors (Lipinski definition) is 1. The maximum Gasteiger partial charge on any atom is 0.257 e. The molecule has 1 N–H and O–H groups in total. The van der Waals surface area contributed by atoms with Crippen molar-refractivity contribution in [2.45, 2.75) is 13.0 Å². The van der Waals surface area contributed by atoms with Crippen LogP contribution in [0, 0.1) is 5.82 Å². The molecule has 2 aromatic carbocycles. The molecule has 1 saturated heterocycles. The van der Waals surface area contributed by atoms with E-state index in [-0.39, 0.29) is 11.7 Å². The van der Waals surface area contributed by atoms with Crippen LogP contribution in [0.25, 0.3) is 0 Å². The van der Waals surface area contributed by atoms with Crippen molar-refractivity contribution in [3.05, 3.63) is 65.5 Å². The molecular formula is C19H21FN2O2. The van der Waals surface area contributed by atoms with Crippen molar-refractivity contribution in [1.82, 2.24) is 10.2 Å². The number of ether oxygens (including phenoxy) is 1. The molecule has 1 amide bonds. The van der Waals surface area contributed by atoms with E-state index in [1.807, 2.05) is 17.0 Å². The van der Waals surface area contributed by atoms with Gasteiger partial charge in [0.1, 0.15) is 18.2 Å². The van der Waals surface area contributed by atoms with E-state index in [4.69, 9.17) is 4.74 Å². The summed E-state index contributed by atoms with van der Waals surface area (Å²) in [7, 11) is 0. The predicted molar refractivity (Wildman–Crippen MR) is 90.6 cm³/mol. The molecule has 0 bridgehead atoms. The molecule has 0 unspecified atom stereocenters. The van der Waals surface area contributed by atoms with Crippen LogP contribution in [0.2, 0.25) is 0 Å². The lowest BCUT2D eigenvalue weighted by atomic mass is 10.1. The molecule has 0 aromatic heterocycles. The van der Waals surface area contributed by atoms with Crippen molar-refractivity contribution in [2.75, 3.05) is 26.2 Å². The van der Waals surface area contributed by atoms with Crippen LogP contribution < -0.4 is 10.1 Å². The highest BCUT2D eigenvalue weighted by Gasteiger charge is 2.20. The minimum Gasteiger partial charge on any atom is -0.488 e. The Bertz CT molecular complexity index is 680. The average molecular weight is 328 g/mol. The Labute approximate surface area is 141 Å². The molecular weight excluding hydrogens is 307 g/mol. The summed E-state index contributed by atoms with van der Waals surface area (Å²) in [5.74, 6) is 0.279. The smallest absolute Gasteiger partial charge is 0.257 e. The van der Waals surface area contributed by atoms with Crippen molar-refractivity contribution in [3.8, 4) is 5.75 Å². The summed E-state index contributed by atoms with van der Waals surface area (Å²) in [6.07, 6.45) is 0.949. The lowest BCUT2D eigenvalue weighted by molar-refractivity contribution is 0.0761. The Morgan fingerprint density at radius 3 is 2.71 bits per heavy atom. The third kappa shape index (κ3) is 4.11. The average Bonchev–Trinajstić information content (AvgIpc) is 2.90. The van der Waals surface area contributed by atoms with Gasteiger partial charge in [0.2, 0.25) is 0 Å². The molecule has 1 aliphatic heterocycles. The number of benzene rings is 2. The van der Waals surface area contributed by atoms with E-state index in [1.165, 1.54) is 12.1 Å². The fourth-order valence-electron chi connectivity index (χ4n) is 2.73. The van der Waals surface area contributed by atoms with Crippen LogP contribution in [0.15, 0.2) is 48.5 Å². The highest BCUT2D eigenvalue weighted by molar-refractivity contribution is 5.97. The van der Waals surface area contributed by atoms with Gasteiger partial charge in [-0.1, -0.05) is 24.3 Å². The minimum absolute atomic E-state index is 0.00611. The third-order valence-electron chi connectivity index (χ3n) is 4.05. The molecule has 24 heavy (non-hydrogen) atoms. The SMILES string of the molecule is O=C(c1ccccc1OCc1ccc(F)cc1)N1CCCNCC1. The van der Waals surface area contributed by atoms with Gasteiger partial charge in [0.25, 0.3) is 5.91 Å². The molecule has 1 heterocycles. The van der Waals surface area contributed by atoms with Gasteiger partial charge in [0, 0.05) is 19.6 Å². The van der Waals surface area contributed by atoms with Crippen molar-refractivity contribution < 1.29 is 13.9 Å². The summed E-state index contributed by atoms with van der Waals surface area (Å²) >= 11 is 0. The van der Waals surface area contributed by atoms with Gasteiger partial charge in [-0.3, -0.25) is 4.79 Å². The maximum atomic E-state index is 13.0. The molecule has 0 aliphatic carbocycles. The number of amides is 1. The fourth-order valence-corrected chi connectivity index (χ4v) is 2.73. The number of carbonyl (C=O) groups is 1. The quantitative estimate of drug-likeness (QED) is 0.938. The molecule has 1 fully saturated rings. The second-order valence-electron chi connectivity index (χ2n) is 5.81. The first-order valence-corrected chi connectivity index (χ1v) is 8.20. The van der Waals surface area contributed by atoms with Gasteiger partial charge in [-0.2, -0.15) is 0 Å². The normalized spacial score (nSPS) is 15.0. The maximum absolute atomic E-state index is 13.0. The third-order valence-corrected chi connectivity index (χ3v) is 4.05. The number of hydrogen-bond acceptors (Lipinski definition) is 3. The Hall–Kier alpha value is -2.40. The molecule has 3 rings (SSSR count). The minimum atomic E-state index is -0.274. The summed E-state index contributed by atoms with van der Waals surface area (Å²) in [5, 5.41) is 3.29. The standard InChI is InChI=1S/C19H21FN2O2/c20-16-8-6-15(7-9-16)14-24-18-5-2-1-4-17(18)19(23)22-12-3-10-21-11-13-22/h1-2,4-9,21H,3,10-14H2. The zero-order valence-corrected chi connectivity index (χ0v) is 13.5. The number of halogens is 1. The van der Waals surface area contributed by atoms with Gasteiger partial charge in [-0.25, -0.2) is 4.39 Å². The summed E-state index contributed by atoms with van der Waals surface area (Å²) in [4.78, 5) is 14.7. The van der Waals surface area contributed by atoms with Crippen LogP contribution >= 0.6 is 0 Å². The second kappa shape index (κ2) is 7.93. The van der Waals surface area contributed by atoms with Gasteiger partial charge < -0.3 is 15.0 Å². The summed E-state index contributed by atoms with van der Waals surface area (Å²) in [6.45, 7) is 3.49. The molecule has 0 spiro atoms. The van der Waals surface area contributed by atoms with Gasteiger partial charge in [-0.15, -0.1) is 0 Å². The molecule has 0 saturated carbocycles. The molecule has 2 aromatic rings. The molecule has 0 radical (unpaired) electrons. The van der Waals surface area contributed by atoms with Crippen LogP contribution in [0.4, 0.5) is 4.39 Å². The van der Waals surface area contributed by atoms with Gasteiger partial charge in [0.15, 0.2) is 0 Å². The van der Waals surface area contributed by atoms with E-state index in [1.54, 1.807) is 24.3 Å². The van der Waals surface area contributed by atoms with Crippen LogP contribution in [0.5, 0.6) is 5.75 Å². The summed E-state index contributed by atoms with van der Waals surface area (Å²) < 4.78 is 18.8. The predicted octanol–water partition coefficient (Wildman–Crippen LogP) is 2.84. The van der Waals surface area contributed by atoms with E-state index >= 15 is 0 Å². The Morgan fingerprint density at radius 2 is 1.88 bits per heavy atom. The van der Waals surface area contributed by atoms with Crippen molar-refractivity contribution in [2.24, 2.45) is 0 Å². The Balaban J connectivity index is 1.72. The highest BCUT2D eigenvalue weighted by atomic mass is 19.1. The zero-order chi connectivity index (χ0) is 16.8. The summed E-state index contributed by atoms with van der Waals surface area (Å²) in [5.41, 5.74) is 1.43. The van der Waals surface area contributed by atoms with E-state index < -0.39 is 0 Å². The lowest BCUT2D eigenvalue weighted by Crippen LogP contribution is -2.34. The molecule has 1 aliphatic rings. The molecule has 0 atom stereocenters. The largest absolute Gasteiger partial charge is 0.488 e. The van der Waals surface area contributed by atoms with Gasteiger partial charge in [-0.05, 0) is 42.8 Å². The van der Waals surface area contributed by atoms with Gasteiger partial charge >= 0.3 is 0 Å². The van der Waals surface area contributed by atoms with Crippen molar-refractivity contribution in [1.29, 1.82) is 0 Å². The fraction of sp³-hybridized carbons (Fsp3) is 0.316. The molecule has 4 nitrogen and oxygen atoms in total. The van der Waals surface area contributed by atoms with Crippen LogP contribution in [0.3, 0.4) is 0 Å². The number of para-hydroxylation sites is 1. The topological polar surface area (TPSA) is 41.6 Å². The van der Waals surface area contributed by atoms with E-state index in [0.717, 1.165) is 31.6 Å². The van der Waals surface area contributed by atoms with E-state index in [9.17, 15) is 9.18 Å². The van der Waals surface area contributed by atoms with Crippen molar-refractivity contribution in [3.63, 3.8) is 0 Å². The summed E-state index contributed by atoms with van der Waals surface area (Å²) in [6, 6.07) is 13.4. The first-order valence-electron chi connectivity index (χ1n) is 8.20. The zero-order valence-electron chi connectivity index (χ0n) is 13.5. The first-order chi connectivity index (χ1) is 11.7. The lowest BCUT2D eigenvalue weighted by Gasteiger charge is -2.21. The number of nitrogens with zero attached hydrogens (tertiary/aromatic N) is 1. The number of carbonyl (C=O) groups excluding carboxylic acids is 1. The van der Waals surface area contributed by atoms with Gasteiger partial charge in [0.05, 0.1) is 5.56 Å². The monoisotopic (exact) mass is 328 g/mol. The van der Waals surface area contributed by atoms with E-state index in [0.29, 0.717) is 24.5 Å². The van der Waals surface area contributed by atoms with Crippen LogP contribution in [-0.4, -0.2) is 37.0 Å². The first kappa shape index (κ1) is 16.5. The Morgan fingerprint density at radius 1 is 1.08 bits per heavy atom. The highest BCUT2D eigenvalue weighted by Crippen LogP contribution is 2.21. The van der Waals surface area contributed by atoms with Crippen LogP contribution in [-0.2, 0) is 6.61 Å². The Kier molecular flexibility index (Phi) is 5.43. The van der Waals surface area contributed by atoms with Crippen molar-refractivity contribution >= 4 is 5.91 Å². The van der Waals surface area contributed by atoms with Crippen LogP contribution in [0.1, 0.15) is 22.3 Å².